The fraction of sp³-hybridized carbons (Fsp3) is 0.333. The van der Waals surface area contributed by atoms with E-state index in [4.69, 9.17) is 20.1 Å². The highest BCUT2D eigenvalue weighted by molar-refractivity contribution is 5.93. The number of rotatable bonds is 7. The van der Waals surface area contributed by atoms with Crippen LogP contribution in [0.4, 0.5) is 0 Å². The Hall–Kier alpha value is -1.92. The molecule has 0 amide bonds. The van der Waals surface area contributed by atoms with E-state index in [-0.39, 0.29) is 37.4 Å². The first kappa shape index (κ1) is 14.1. The number of carboxylic acids is 2. The third-order valence-electron chi connectivity index (χ3n) is 2.33. The highest BCUT2D eigenvalue weighted by Gasteiger charge is 2.13. The normalized spacial score (nSPS) is 10.3. The monoisotopic (exact) mass is 254 g/mol. The van der Waals surface area contributed by atoms with Gasteiger partial charge in [-0.3, -0.25) is 0 Å². The summed E-state index contributed by atoms with van der Waals surface area (Å²) in [4.78, 5) is 21.8. The highest BCUT2D eigenvalue weighted by Crippen LogP contribution is 2.13. The van der Waals surface area contributed by atoms with Crippen LogP contribution in [0, 0.1) is 0 Å². The van der Waals surface area contributed by atoms with Gasteiger partial charge in [0.2, 0.25) is 0 Å². The molecule has 0 aliphatic rings. The topological polar surface area (TPSA) is 104 Å². The number of hydrogen-bond donors (Lipinski definition) is 3. The minimum Gasteiger partial charge on any atom is -0.478 e. The Labute approximate surface area is 103 Å². The number of aliphatic hydroxyl groups excluding tert-OH is 1. The summed E-state index contributed by atoms with van der Waals surface area (Å²) >= 11 is 0. The SMILES string of the molecule is O=C(O)c1ccc(C(=O)O)c(CCOCCO)c1. The van der Waals surface area contributed by atoms with Crippen molar-refractivity contribution in [3.8, 4) is 0 Å². The van der Waals surface area contributed by atoms with Crippen molar-refractivity contribution in [2.24, 2.45) is 0 Å². The smallest absolute Gasteiger partial charge is 0.335 e. The molecule has 6 heteroatoms. The first-order valence-electron chi connectivity index (χ1n) is 5.34. The summed E-state index contributed by atoms with van der Waals surface area (Å²) in [7, 11) is 0. The van der Waals surface area contributed by atoms with Crippen LogP contribution >= 0.6 is 0 Å². The molecule has 0 saturated heterocycles. The van der Waals surface area contributed by atoms with Crippen LogP contribution in [-0.2, 0) is 11.2 Å². The van der Waals surface area contributed by atoms with Gasteiger partial charge in [0, 0.05) is 0 Å². The summed E-state index contributed by atoms with van der Waals surface area (Å²) in [6, 6.07) is 3.85. The average molecular weight is 254 g/mol. The third-order valence-corrected chi connectivity index (χ3v) is 2.33. The molecule has 6 nitrogen and oxygen atoms in total. The van der Waals surface area contributed by atoms with Crippen LogP contribution in [0.1, 0.15) is 26.3 Å². The first-order valence-corrected chi connectivity index (χ1v) is 5.34. The number of carbonyl (C=O) groups is 2. The molecule has 0 spiro atoms. The minimum atomic E-state index is -1.11. The van der Waals surface area contributed by atoms with Crippen molar-refractivity contribution in [1.29, 1.82) is 0 Å². The van der Waals surface area contributed by atoms with Gasteiger partial charge in [-0.2, -0.15) is 0 Å². The summed E-state index contributed by atoms with van der Waals surface area (Å²) < 4.78 is 5.03. The van der Waals surface area contributed by atoms with Crippen molar-refractivity contribution in [3.63, 3.8) is 0 Å². The van der Waals surface area contributed by atoms with Crippen LogP contribution in [-0.4, -0.2) is 47.1 Å². The molecule has 0 bridgehead atoms. The van der Waals surface area contributed by atoms with Gasteiger partial charge >= 0.3 is 11.9 Å². The van der Waals surface area contributed by atoms with Gasteiger partial charge in [-0.1, -0.05) is 0 Å². The lowest BCUT2D eigenvalue weighted by atomic mass is 10.0. The second-order valence-electron chi connectivity index (χ2n) is 3.57. The predicted molar refractivity (Wildman–Crippen MR) is 62.0 cm³/mol. The number of hydrogen-bond acceptors (Lipinski definition) is 4. The molecule has 18 heavy (non-hydrogen) atoms. The largest absolute Gasteiger partial charge is 0.478 e. The van der Waals surface area contributed by atoms with Gasteiger partial charge in [0.15, 0.2) is 0 Å². The van der Waals surface area contributed by atoms with E-state index in [2.05, 4.69) is 0 Å². The molecule has 0 fully saturated rings. The maximum absolute atomic E-state index is 11.0. The van der Waals surface area contributed by atoms with Crippen LogP contribution in [0.25, 0.3) is 0 Å². The molecule has 0 unspecified atom stereocenters. The Morgan fingerprint density at radius 2 is 1.83 bits per heavy atom. The summed E-state index contributed by atoms with van der Waals surface area (Å²) in [6.45, 7) is 0.284. The van der Waals surface area contributed by atoms with Crippen molar-refractivity contribution in [2.45, 2.75) is 6.42 Å². The molecule has 1 rings (SSSR count). The Morgan fingerprint density at radius 3 is 2.39 bits per heavy atom. The van der Waals surface area contributed by atoms with E-state index in [0.717, 1.165) is 0 Å². The van der Waals surface area contributed by atoms with E-state index in [9.17, 15) is 9.59 Å². The number of aromatic carboxylic acids is 2. The van der Waals surface area contributed by atoms with E-state index in [1.165, 1.54) is 18.2 Å². The van der Waals surface area contributed by atoms with Crippen molar-refractivity contribution >= 4 is 11.9 Å². The molecule has 0 aliphatic heterocycles. The predicted octanol–water partition coefficient (Wildman–Crippen LogP) is 0.634. The molecule has 98 valence electrons. The zero-order valence-corrected chi connectivity index (χ0v) is 9.63. The van der Waals surface area contributed by atoms with Gasteiger partial charge in [0.1, 0.15) is 0 Å². The first-order chi connectivity index (χ1) is 8.56. The van der Waals surface area contributed by atoms with Crippen LogP contribution in [0.2, 0.25) is 0 Å². The van der Waals surface area contributed by atoms with Crippen molar-refractivity contribution in [3.05, 3.63) is 34.9 Å². The van der Waals surface area contributed by atoms with E-state index >= 15 is 0 Å². The molecule has 0 heterocycles. The maximum atomic E-state index is 11.0. The molecule has 0 atom stereocenters. The molecule has 0 radical (unpaired) electrons. The summed E-state index contributed by atoms with van der Waals surface area (Å²) in [5.41, 5.74) is 0.505. The Kier molecular flexibility index (Phi) is 5.29. The summed E-state index contributed by atoms with van der Waals surface area (Å²) in [6.07, 6.45) is 0.281. The second kappa shape index (κ2) is 6.73. The molecular formula is C12H14O6. The van der Waals surface area contributed by atoms with Crippen LogP contribution in [0.5, 0.6) is 0 Å². The highest BCUT2D eigenvalue weighted by atomic mass is 16.5. The van der Waals surface area contributed by atoms with Gasteiger partial charge in [-0.25, -0.2) is 9.59 Å². The van der Waals surface area contributed by atoms with E-state index in [1.807, 2.05) is 0 Å². The second-order valence-corrected chi connectivity index (χ2v) is 3.57. The van der Waals surface area contributed by atoms with Crippen molar-refractivity contribution in [2.75, 3.05) is 19.8 Å². The number of carboxylic acid groups (broad SMARTS) is 2. The molecular weight excluding hydrogens is 240 g/mol. The lowest BCUT2D eigenvalue weighted by Crippen LogP contribution is -2.09. The number of ether oxygens (including phenoxy) is 1. The van der Waals surface area contributed by atoms with E-state index in [0.29, 0.717) is 5.56 Å². The van der Waals surface area contributed by atoms with E-state index < -0.39 is 11.9 Å². The lowest BCUT2D eigenvalue weighted by molar-refractivity contribution is 0.0678. The summed E-state index contributed by atoms with van der Waals surface area (Å²) in [5.74, 6) is -2.21. The maximum Gasteiger partial charge on any atom is 0.335 e. The fourth-order valence-corrected chi connectivity index (χ4v) is 1.49. The molecule has 1 aromatic carbocycles. The van der Waals surface area contributed by atoms with Crippen molar-refractivity contribution < 1.29 is 29.6 Å². The van der Waals surface area contributed by atoms with Gasteiger partial charge in [-0.15, -0.1) is 0 Å². The Balaban J connectivity index is 2.86. The van der Waals surface area contributed by atoms with Crippen LogP contribution in [0.15, 0.2) is 18.2 Å². The lowest BCUT2D eigenvalue weighted by Gasteiger charge is -2.07. The fourth-order valence-electron chi connectivity index (χ4n) is 1.49. The van der Waals surface area contributed by atoms with Gasteiger partial charge in [0.05, 0.1) is 30.9 Å². The third kappa shape index (κ3) is 3.83. The Morgan fingerprint density at radius 1 is 1.11 bits per heavy atom. The van der Waals surface area contributed by atoms with Crippen LogP contribution < -0.4 is 0 Å². The zero-order valence-electron chi connectivity index (χ0n) is 9.63. The molecule has 0 aliphatic carbocycles. The Bertz CT molecular complexity index is 440. The molecule has 0 aromatic heterocycles. The van der Waals surface area contributed by atoms with Crippen molar-refractivity contribution in [1.82, 2.24) is 0 Å². The van der Waals surface area contributed by atoms with Gasteiger partial charge in [0.25, 0.3) is 0 Å². The minimum absolute atomic E-state index is 0.0390. The average Bonchev–Trinajstić information content (AvgIpc) is 2.34. The summed E-state index contributed by atoms with van der Waals surface area (Å²) in [5, 5.41) is 26.3. The molecule has 3 N–H and O–H groups in total. The molecule has 1 aromatic rings. The standard InChI is InChI=1S/C12H14O6/c13-4-6-18-5-3-8-7-9(11(14)15)1-2-10(8)12(16)17/h1-2,7,13H,3-6H2,(H,14,15)(H,16,17). The van der Waals surface area contributed by atoms with Crippen LogP contribution in [0.3, 0.4) is 0 Å². The molecule has 0 saturated carbocycles. The number of aliphatic hydroxyl groups is 1. The van der Waals surface area contributed by atoms with Gasteiger partial charge < -0.3 is 20.1 Å². The zero-order chi connectivity index (χ0) is 13.5. The van der Waals surface area contributed by atoms with Gasteiger partial charge in [-0.05, 0) is 30.2 Å². The quantitative estimate of drug-likeness (QED) is 0.617. The number of benzene rings is 1. The van der Waals surface area contributed by atoms with E-state index in [1.54, 1.807) is 0 Å².